The van der Waals surface area contributed by atoms with E-state index in [0.717, 1.165) is 22.3 Å². The van der Waals surface area contributed by atoms with Crippen LogP contribution in [0.2, 0.25) is 0 Å². The Kier molecular flexibility index (Phi) is 12.0. The number of hydrogen-bond acceptors (Lipinski definition) is 10. The van der Waals surface area contributed by atoms with Crippen molar-refractivity contribution >= 4 is 54.7 Å². The summed E-state index contributed by atoms with van der Waals surface area (Å²) in [6.07, 6.45) is 6.34. The molecule has 59 heavy (non-hydrogen) atoms. The number of aromatic nitrogens is 3. The highest BCUT2D eigenvalue weighted by molar-refractivity contribution is 7.54. The quantitative estimate of drug-likeness (QED) is 0.0588. The minimum absolute atomic E-state index is 0.0181. The average Bonchev–Trinajstić information content (AvgIpc) is 3.95. The van der Waals surface area contributed by atoms with E-state index in [9.17, 15) is 28.6 Å². The van der Waals surface area contributed by atoms with Crippen molar-refractivity contribution in [3.05, 3.63) is 100 Å². The van der Waals surface area contributed by atoms with Gasteiger partial charge in [-0.3, -0.25) is 33.8 Å². The lowest BCUT2D eigenvalue weighted by Crippen LogP contribution is -2.35. The lowest BCUT2D eigenvalue weighted by molar-refractivity contribution is -0.116. The topological polar surface area (TPSA) is 199 Å². The molecule has 2 aromatic heterocycles. The Bertz CT molecular complexity index is 2420. The molecule has 18 heteroatoms. The fourth-order valence-electron chi connectivity index (χ4n) is 7.44. The van der Waals surface area contributed by atoms with Gasteiger partial charge >= 0.3 is 7.75 Å². The highest BCUT2D eigenvalue weighted by Crippen LogP contribution is 2.42. The Balaban J connectivity index is 0.887. The first-order chi connectivity index (χ1) is 28.2. The van der Waals surface area contributed by atoms with Gasteiger partial charge in [0.1, 0.15) is 11.4 Å². The fourth-order valence-corrected chi connectivity index (χ4v) is 8.29. The normalized spacial score (nSPS) is 16.7. The Morgan fingerprint density at radius 3 is 2.61 bits per heavy atom. The van der Waals surface area contributed by atoms with Gasteiger partial charge in [-0.05, 0) is 66.3 Å². The molecule has 0 radical (unpaired) electrons. The van der Waals surface area contributed by atoms with E-state index in [1.165, 1.54) is 7.11 Å². The predicted molar refractivity (Wildman–Crippen MR) is 219 cm³/mol. The maximum Gasteiger partial charge on any atom is 0.430 e. The van der Waals surface area contributed by atoms with Crippen LogP contribution in [-0.2, 0) is 52.2 Å². The van der Waals surface area contributed by atoms with Crippen LogP contribution in [0, 0.1) is 6.92 Å². The molecule has 310 valence electrons. The van der Waals surface area contributed by atoms with Gasteiger partial charge in [-0.25, -0.2) is 9.55 Å². The molecule has 3 amide bonds. The molecule has 17 nitrogen and oxygen atoms in total. The van der Waals surface area contributed by atoms with Crippen molar-refractivity contribution in [3.8, 4) is 5.75 Å². The van der Waals surface area contributed by atoms with Crippen molar-refractivity contribution in [1.29, 1.82) is 0 Å². The molecule has 1 fully saturated rings. The zero-order chi connectivity index (χ0) is 42.0. The molecule has 3 aliphatic rings. The smallest absolute Gasteiger partial charge is 0.430 e. The number of nitrogens with zero attached hydrogens (tertiary/aromatic N) is 6. The van der Waals surface area contributed by atoms with E-state index in [1.807, 2.05) is 6.92 Å². The lowest BCUT2D eigenvalue weighted by Gasteiger charge is -2.20. The minimum Gasteiger partial charge on any atom is -0.493 e. The first-order valence-electron chi connectivity index (χ1n) is 19.1. The third-order valence-electron chi connectivity index (χ3n) is 10.3. The summed E-state index contributed by atoms with van der Waals surface area (Å²) in [5.74, 6) is 0.107. The molecule has 3 aliphatic heterocycles. The van der Waals surface area contributed by atoms with E-state index in [-0.39, 0.29) is 73.9 Å². The highest BCUT2D eigenvalue weighted by atomic mass is 31.2. The molecular weight excluding hydrogens is 779 g/mol. The number of fused-ring (bicyclic) bond motifs is 3. The summed E-state index contributed by atoms with van der Waals surface area (Å²) in [6, 6.07) is 10.3. The number of aryl methyl sites for hydroxylation is 3. The Morgan fingerprint density at radius 1 is 1.02 bits per heavy atom. The number of amides is 3. The first-order valence-corrected chi connectivity index (χ1v) is 20.7. The van der Waals surface area contributed by atoms with Gasteiger partial charge < -0.3 is 38.6 Å². The standard InChI is InChI=1S/C41H47N8O9P/c1-25-13-31-19-42-33-18-36(26(2)14-32(33)40(52)49(31)20-25)57-10-6-7-38(51)43-37-24-47(4)39(44-37)35(50)16-27-15-34(46(3)21-27)41(53)48-22-28-8-9-30(17-29(28)23-48)45-59(54,55)58-12-11-56-5/h8-9,14-15,17-19,21,24,31H,1,6-7,10-13,16,20,22-23H2,2-5H3,(H,43,51)(H2,45,54,55)/t31-/m0/s1. The molecule has 1 unspecified atom stereocenters. The van der Waals surface area contributed by atoms with Gasteiger partial charge in [0.2, 0.25) is 11.7 Å². The average molecular weight is 827 g/mol. The van der Waals surface area contributed by atoms with Crippen molar-refractivity contribution in [1.82, 2.24) is 23.9 Å². The summed E-state index contributed by atoms with van der Waals surface area (Å²) in [7, 11) is 0.770. The zero-order valence-electron chi connectivity index (χ0n) is 33.4. The largest absolute Gasteiger partial charge is 0.493 e. The van der Waals surface area contributed by atoms with E-state index in [4.69, 9.17) is 14.0 Å². The second-order valence-corrected chi connectivity index (χ2v) is 16.5. The number of rotatable bonds is 16. The molecule has 1 saturated heterocycles. The Labute approximate surface area is 341 Å². The molecule has 7 rings (SSSR count). The number of ether oxygens (including phenoxy) is 2. The number of aliphatic imine (C=N–C) groups is 1. The summed E-state index contributed by atoms with van der Waals surface area (Å²) in [5.41, 5.74) is 6.03. The molecule has 5 heterocycles. The van der Waals surface area contributed by atoms with Gasteiger partial charge in [0, 0.05) is 84.0 Å². The van der Waals surface area contributed by atoms with E-state index in [1.54, 1.807) is 88.0 Å². The van der Waals surface area contributed by atoms with Crippen LogP contribution in [0.3, 0.4) is 0 Å². The van der Waals surface area contributed by atoms with Gasteiger partial charge in [0.15, 0.2) is 11.6 Å². The number of hydrogen-bond donors (Lipinski definition) is 3. The summed E-state index contributed by atoms with van der Waals surface area (Å²) in [5, 5.41) is 5.28. The maximum absolute atomic E-state index is 13.6. The number of carbonyl (C=O) groups is 4. The molecule has 2 aromatic carbocycles. The van der Waals surface area contributed by atoms with Gasteiger partial charge in [-0.2, -0.15) is 0 Å². The Morgan fingerprint density at radius 2 is 1.81 bits per heavy atom. The monoisotopic (exact) mass is 826 g/mol. The van der Waals surface area contributed by atoms with Crippen LogP contribution >= 0.6 is 7.75 Å². The highest BCUT2D eigenvalue weighted by Gasteiger charge is 2.34. The summed E-state index contributed by atoms with van der Waals surface area (Å²) >= 11 is 0. The number of carbonyl (C=O) groups excluding carboxylic acids is 4. The number of anilines is 2. The van der Waals surface area contributed by atoms with Crippen LogP contribution in [0.5, 0.6) is 5.75 Å². The van der Waals surface area contributed by atoms with Crippen LogP contribution in [0.1, 0.15) is 73.0 Å². The van der Waals surface area contributed by atoms with Crippen molar-refractivity contribution in [2.75, 3.05) is 43.9 Å². The van der Waals surface area contributed by atoms with E-state index in [0.29, 0.717) is 66.4 Å². The molecular formula is C41H47N8O9P. The second-order valence-electron chi connectivity index (χ2n) is 15.0. The van der Waals surface area contributed by atoms with Crippen LogP contribution in [0.25, 0.3) is 0 Å². The minimum atomic E-state index is -4.10. The van der Waals surface area contributed by atoms with Crippen molar-refractivity contribution in [3.63, 3.8) is 0 Å². The van der Waals surface area contributed by atoms with Crippen molar-refractivity contribution < 1.29 is 42.6 Å². The fraction of sp³-hybridized carbons (Fsp3) is 0.366. The van der Waals surface area contributed by atoms with Crippen LogP contribution in [-0.4, -0.2) is 98.0 Å². The Hall–Kier alpha value is -5.87. The van der Waals surface area contributed by atoms with Crippen LogP contribution < -0.4 is 15.1 Å². The molecule has 0 aliphatic carbocycles. The van der Waals surface area contributed by atoms with Crippen LogP contribution in [0.4, 0.5) is 17.2 Å². The number of methoxy groups -OCH3 is 1. The number of ketones is 1. The lowest BCUT2D eigenvalue weighted by atomic mass is 10.1. The molecule has 3 N–H and O–H groups in total. The third kappa shape index (κ3) is 9.39. The van der Waals surface area contributed by atoms with E-state index >= 15 is 0 Å². The van der Waals surface area contributed by atoms with Crippen LogP contribution in [0.15, 0.2) is 65.9 Å². The van der Waals surface area contributed by atoms with E-state index < -0.39 is 7.75 Å². The number of nitrogens with one attached hydrogen (secondary N) is 2. The maximum atomic E-state index is 13.6. The number of imidazole rings is 1. The molecule has 0 bridgehead atoms. The van der Waals surface area contributed by atoms with Gasteiger partial charge in [-0.1, -0.05) is 18.2 Å². The third-order valence-corrected chi connectivity index (χ3v) is 11.4. The zero-order valence-corrected chi connectivity index (χ0v) is 34.3. The summed E-state index contributed by atoms with van der Waals surface area (Å²) in [4.78, 5) is 75.5. The van der Waals surface area contributed by atoms with Gasteiger partial charge in [0.25, 0.3) is 11.8 Å². The van der Waals surface area contributed by atoms with Crippen molar-refractivity contribution in [2.45, 2.75) is 51.7 Å². The molecule has 4 aromatic rings. The summed E-state index contributed by atoms with van der Waals surface area (Å²) < 4.78 is 31.5. The molecule has 0 spiro atoms. The van der Waals surface area contributed by atoms with Gasteiger partial charge in [0.05, 0.1) is 37.1 Å². The predicted octanol–water partition coefficient (Wildman–Crippen LogP) is 5.11. The SMILES string of the molecule is C=C1C[C@H]2C=Nc3cc(OCCCC(=O)Nc4cn(C)c(C(=O)Cc5cc(C(=O)N6Cc7ccc(NP(=O)(O)OCCOC)cc7C6)n(C)c5)n4)c(C)cc3C(=O)N2C1. The number of benzene rings is 2. The number of Topliss-reactive ketones (excluding diaryl/α,β-unsaturated/α-hetero) is 1. The van der Waals surface area contributed by atoms with Crippen molar-refractivity contribution in [2.24, 2.45) is 19.1 Å². The van der Waals surface area contributed by atoms with Gasteiger partial charge in [-0.15, -0.1) is 0 Å². The second kappa shape index (κ2) is 17.2. The molecule has 2 atom stereocenters. The first kappa shape index (κ1) is 41.3. The van der Waals surface area contributed by atoms with E-state index in [2.05, 4.69) is 27.0 Å². The summed E-state index contributed by atoms with van der Waals surface area (Å²) in [6.45, 7) is 7.45. The molecule has 0 saturated carbocycles.